The third kappa shape index (κ3) is 7.54. The number of hydrazone groups is 1. The van der Waals surface area contributed by atoms with Crippen LogP contribution in [0, 0.1) is 0 Å². The Kier molecular flexibility index (Phi) is 8.19. The van der Waals surface area contributed by atoms with Gasteiger partial charge in [-0.05, 0) is 55.0 Å². The van der Waals surface area contributed by atoms with Gasteiger partial charge in [0.05, 0.1) is 12.3 Å². The minimum atomic E-state index is -1.16. The van der Waals surface area contributed by atoms with E-state index in [0.29, 0.717) is 23.6 Å². The van der Waals surface area contributed by atoms with E-state index in [1.54, 1.807) is 24.3 Å². The van der Waals surface area contributed by atoms with Crippen molar-refractivity contribution in [3.63, 3.8) is 0 Å². The molecule has 1 aliphatic rings. The number of benzene rings is 2. The van der Waals surface area contributed by atoms with Gasteiger partial charge < -0.3 is 25.2 Å². The van der Waals surface area contributed by atoms with Crippen LogP contribution >= 0.6 is 0 Å². The summed E-state index contributed by atoms with van der Waals surface area (Å²) in [5.41, 5.74) is 9.39. The summed E-state index contributed by atoms with van der Waals surface area (Å²) < 4.78 is 23.5. The second kappa shape index (κ2) is 11.3. The number of ether oxygens (including phenoxy) is 2. The van der Waals surface area contributed by atoms with E-state index in [9.17, 15) is 14.3 Å². The number of primary amides is 1. The lowest BCUT2D eigenvalue weighted by Crippen LogP contribution is -2.26. The van der Waals surface area contributed by atoms with Crippen molar-refractivity contribution in [2.75, 3.05) is 39.5 Å². The van der Waals surface area contributed by atoms with Gasteiger partial charge in [0, 0.05) is 30.8 Å². The molecule has 0 saturated carbocycles. The van der Waals surface area contributed by atoms with Crippen molar-refractivity contribution in [3.8, 4) is 11.5 Å². The molecule has 2 aromatic rings. The Balaban J connectivity index is 1.66. The van der Waals surface area contributed by atoms with Crippen LogP contribution in [0.1, 0.15) is 17.5 Å². The first-order valence-electron chi connectivity index (χ1n) is 10.1. The van der Waals surface area contributed by atoms with E-state index in [1.165, 1.54) is 13.1 Å². The number of aliphatic hydroxyl groups is 1. The summed E-state index contributed by atoms with van der Waals surface area (Å²) in [6, 6.07) is 13.5. The minimum absolute atomic E-state index is 0.139. The van der Waals surface area contributed by atoms with Crippen molar-refractivity contribution in [2.24, 2.45) is 10.8 Å². The summed E-state index contributed by atoms with van der Waals surface area (Å²) in [7, 11) is 0. The van der Waals surface area contributed by atoms with Gasteiger partial charge in [-0.25, -0.2) is 14.6 Å². The van der Waals surface area contributed by atoms with E-state index in [4.69, 9.17) is 15.2 Å². The smallest absolute Gasteiger partial charge is 0.332 e. The number of hydrogen-bond donors (Lipinski definition) is 3. The largest absolute Gasteiger partial charge is 0.494 e. The molecule has 31 heavy (non-hydrogen) atoms. The first-order chi connectivity index (χ1) is 15.0. The zero-order valence-corrected chi connectivity index (χ0v) is 17.2. The monoisotopic (exact) mass is 430 g/mol. The molecule has 1 heterocycles. The van der Waals surface area contributed by atoms with Crippen molar-refractivity contribution in [3.05, 3.63) is 59.7 Å². The molecule has 0 aromatic heterocycles. The highest BCUT2D eigenvalue weighted by Crippen LogP contribution is 2.19. The Morgan fingerprint density at radius 2 is 1.68 bits per heavy atom. The van der Waals surface area contributed by atoms with Crippen LogP contribution < -0.4 is 20.6 Å². The third-order valence-electron chi connectivity index (χ3n) is 4.58. The number of urea groups is 1. The lowest BCUT2D eigenvalue weighted by Gasteiger charge is -2.12. The van der Waals surface area contributed by atoms with Crippen LogP contribution in [0.25, 0.3) is 0 Å². The summed E-state index contributed by atoms with van der Waals surface area (Å²) >= 11 is 0. The predicted molar refractivity (Wildman–Crippen MR) is 115 cm³/mol. The van der Waals surface area contributed by atoms with E-state index in [1.807, 2.05) is 24.3 Å². The average Bonchev–Trinajstić information content (AvgIpc) is 3.61. The van der Waals surface area contributed by atoms with Crippen LogP contribution in [0.2, 0.25) is 0 Å². The number of halogens is 1. The van der Waals surface area contributed by atoms with E-state index >= 15 is 0 Å². The standard InChI is InChI=1S/C22H27FN4O4/c23-14-18(28)15-31-20-8-4-17(5-9-20)21(25-26-22(24)29)16-2-6-19(7-3-16)30-13-1-10-27-11-12-27/h2-9,18,28H,1,10-15H2,(H3,24,26,29)/b25-21+. The molecule has 4 N–H and O–H groups in total. The molecule has 1 saturated heterocycles. The van der Waals surface area contributed by atoms with Crippen LogP contribution in [0.4, 0.5) is 9.18 Å². The maximum Gasteiger partial charge on any atom is 0.332 e. The molecule has 3 rings (SSSR count). The molecule has 0 radical (unpaired) electrons. The third-order valence-corrected chi connectivity index (χ3v) is 4.58. The van der Waals surface area contributed by atoms with Crippen molar-refractivity contribution in [1.29, 1.82) is 0 Å². The van der Waals surface area contributed by atoms with Gasteiger partial charge in [-0.15, -0.1) is 0 Å². The predicted octanol–water partition coefficient (Wildman–Crippen LogP) is 1.90. The molecule has 166 valence electrons. The van der Waals surface area contributed by atoms with Gasteiger partial charge in [0.25, 0.3) is 0 Å². The number of alkyl halides is 1. The molecule has 1 aliphatic heterocycles. The number of nitrogens with zero attached hydrogens (tertiary/aromatic N) is 2. The van der Waals surface area contributed by atoms with Gasteiger partial charge in [-0.3, -0.25) is 0 Å². The lowest BCUT2D eigenvalue weighted by atomic mass is 10.0. The molecule has 2 aromatic carbocycles. The van der Waals surface area contributed by atoms with Crippen molar-refractivity contribution >= 4 is 11.7 Å². The van der Waals surface area contributed by atoms with E-state index in [2.05, 4.69) is 15.4 Å². The number of amides is 2. The number of rotatable bonds is 12. The molecule has 0 spiro atoms. The summed E-state index contributed by atoms with van der Waals surface area (Å²) in [6.45, 7) is 3.07. The fourth-order valence-corrected chi connectivity index (χ4v) is 2.83. The number of carbonyl (C=O) groups is 1. The molecule has 8 nitrogen and oxygen atoms in total. The first-order valence-corrected chi connectivity index (χ1v) is 10.1. The van der Waals surface area contributed by atoms with Crippen molar-refractivity contribution < 1.29 is 23.8 Å². The maximum atomic E-state index is 12.3. The van der Waals surface area contributed by atoms with Gasteiger partial charge in [0.2, 0.25) is 0 Å². The fourth-order valence-electron chi connectivity index (χ4n) is 2.83. The lowest BCUT2D eigenvalue weighted by molar-refractivity contribution is 0.0842. The zero-order chi connectivity index (χ0) is 22.1. The Morgan fingerprint density at radius 3 is 2.19 bits per heavy atom. The van der Waals surface area contributed by atoms with Gasteiger partial charge in [-0.2, -0.15) is 5.10 Å². The zero-order valence-electron chi connectivity index (χ0n) is 17.2. The number of nitrogens with one attached hydrogen (secondary N) is 1. The summed E-state index contributed by atoms with van der Waals surface area (Å²) in [6.07, 6.45) is -0.183. The highest BCUT2D eigenvalue weighted by atomic mass is 19.1. The topological polar surface area (TPSA) is 109 Å². The Labute approximate surface area is 180 Å². The fraction of sp³-hybridized carbons (Fsp3) is 0.364. The average molecular weight is 430 g/mol. The first kappa shape index (κ1) is 22.5. The molecule has 1 fully saturated rings. The van der Waals surface area contributed by atoms with Crippen LogP contribution in [0.3, 0.4) is 0 Å². The highest BCUT2D eigenvalue weighted by molar-refractivity contribution is 6.13. The van der Waals surface area contributed by atoms with Gasteiger partial charge in [0.1, 0.15) is 30.9 Å². The maximum absolute atomic E-state index is 12.3. The highest BCUT2D eigenvalue weighted by Gasteiger charge is 2.15. The Hall–Kier alpha value is -3.17. The van der Waals surface area contributed by atoms with Crippen LogP contribution in [0.5, 0.6) is 11.5 Å². The number of nitrogens with two attached hydrogens (primary N) is 1. The molecule has 1 atom stereocenters. The summed E-state index contributed by atoms with van der Waals surface area (Å²) in [4.78, 5) is 13.5. The van der Waals surface area contributed by atoms with E-state index in [0.717, 1.165) is 24.3 Å². The Morgan fingerprint density at radius 1 is 1.10 bits per heavy atom. The molecule has 0 aliphatic carbocycles. The summed E-state index contributed by atoms with van der Waals surface area (Å²) in [5.74, 6) is 1.23. The SMILES string of the molecule is NC(=O)N/N=C(\c1ccc(OCCCN2CC2)cc1)c1ccc(OCC(O)CF)cc1. The molecule has 0 bridgehead atoms. The number of carbonyl (C=O) groups excluding carboxylic acids is 1. The summed E-state index contributed by atoms with van der Waals surface area (Å²) in [5, 5.41) is 13.4. The molecular formula is C22H27FN4O4. The molecule has 2 amide bonds. The normalized spacial score (nSPS) is 14.7. The molecular weight excluding hydrogens is 403 g/mol. The van der Waals surface area contributed by atoms with Crippen LogP contribution in [-0.2, 0) is 0 Å². The molecule has 1 unspecified atom stereocenters. The Bertz CT molecular complexity index is 870. The van der Waals surface area contributed by atoms with E-state index < -0.39 is 18.8 Å². The minimum Gasteiger partial charge on any atom is -0.494 e. The van der Waals surface area contributed by atoms with Gasteiger partial charge >= 0.3 is 6.03 Å². The number of aliphatic hydroxyl groups excluding tert-OH is 1. The van der Waals surface area contributed by atoms with Crippen LogP contribution in [-0.4, -0.2) is 67.4 Å². The van der Waals surface area contributed by atoms with Crippen molar-refractivity contribution in [2.45, 2.75) is 12.5 Å². The second-order valence-electron chi connectivity index (χ2n) is 7.15. The van der Waals surface area contributed by atoms with Crippen LogP contribution in [0.15, 0.2) is 53.6 Å². The molecule has 9 heteroatoms. The van der Waals surface area contributed by atoms with Crippen molar-refractivity contribution in [1.82, 2.24) is 10.3 Å². The van der Waals surface area contributed by atoms with Gasteiger partial charge in [-0.1, -0.05) is 0 Å². The van der Waals surface area contributed by atoms with E-state index in [-0.39, 0.29) is 6.61 Å². The second-order valence-corrected chi connectivity index (χ2v) is 7.15. The number of hydrogen-bond acceptors (Lipinski definition) is 6. The quantitative estimate of drug-likeness (QED) is 0.206. The van der Waals surface area contributed by atoms with Gasteiger partial charge in [0.15, 0.2) is 0 Å².